The predicted molar refractivity (Wildman–Crippen MR) is 91.9 cm³/mol. The topological polar surface area (TPSA) is 83.1 Å². The highest BCUT2D eigenvalue weighted by Gasteiger charge is 2.26. The molecular formula is C18H23NO6. The van der Waals surface area contributed by atoms with Crippen molar-refractivity contribution in [1.29, 1.82) is 0 Å². The molecule has 1 aromatic rings. The summed E-state index contributed by atoms with van der Waals surface area (Å²) < 4.78 is 20.7. The van der Waals surface area contributed by atoms with E-state index in [1.807, 2.05) is 0 Å². The first-order valence-electron chi connectivity index (χ1n) is 8.00. The number of hydrogen-bond acceptors (Lipinski definition) is 7. The lowest BCUT2D eigenvalue weighted by Crippen LogP contribution is -2.42. The smallest absolute Gasteiger partial charge is 0.345 e. The minimum Gasteiger partial charge on any atom is -0.493 e. The average molecular weight is 349 g/mol. The molecule has 1 saturated heterocycles. The van der Waals surface area contributed by atoms with Crippen molar-refractivity contribution in [3.63, 3.8) is 0 Å². The van der Waals surface area contributed by atoms with Gasteiger partial charge in [0, 0.05) is 0 Å². The number of ether oxygens (including phenoxy) is 4. The van der Waals surface area contributed by atoms with Crippen LogP contribution in [0.25, 0.3) is 5.57 Å². The minimum atomic E-state index is -0.799. The van der Waals surface area contributed by atoms with Gasteiger partial charge in [-0.1, -0.05) is 13.0 Å². The Labute approximate surface area is 146 Å². The van der Waals surface area contributed by atoms with E-state index in [0.29, 0.717) is 29.2 Å². The first-order chi connectivity index (χ1) is 12.0. The molecular weight excluding hydrogens is 326 g/mol. The van der Waals surface area contributed by atoms with Gasteiger partial charge in [0.15, 0.2) is 11.5 Å². The Morgan fingerprint density at radius 2 is 1.72 bits per heavy atom. The third-order valence-electron chi connectivity index (χ3n) is 4.05. The zero-order valence-electron chi connectivity index (χ0n) is 14.7. The van der Waals surface area contributed by atoms with E-state index in [0.717, 1.165) is 19.4 Å². The molecule has 25 heavy (non-hydrogen) atoms. The summed E-state index contributed by atoms with van der Waals surface area (Å²) in [6.45, 7) is 4.47. The van der Waals surface area contributed by atoms with E-state index in [1.54, 1.807) is 12.1 Å². The van der Waals surface area contributed by atoms with Crippen LogP contribution in [-0.4, -0.2) is 45.9 Å². The number of methoxy groups -OCH3 is 3. The quantitative estimate of drug-likeness (QED) is 0.477. The third-order valence-corrected chi connectivity index (χ3v) is 4.05. The maximum atomic E-state index is 12.3. The molecule has 7 heteroatoms. The highest BCUT2D eigenvalue weighted by molar-refractivity contribution is 6.18. The Morgan fingerprint density at radius 3 is 2.20 bits per heavy atom. The Balaban J connectivity index is 2.15. The number of rotatable bonds is 6. The van der Waals surface area contributed by atoms with E-state index in [4.69, 9.17) is 18.9 Å². The molecule has 0 aromatic heterocycles. The molecule has 1 atom stereocenters. The first kappa shape index (κ1) is 18.8. The maximum absolute atomic E-state index is 12.3. The van der Waals surface area contributed by atoms with Gasteiger partial charge in [-0.2, -0.15) is 0 Å². The van der Waals surface area contributed by atoms with Crippen LogP contribution in [0.1, 0.15) is 24.8 Å². The van der Waals surface area contributed by atoms with Crippen molar-refractivity contribution in [2.45, 2.75) is 25.3 Å². The van der Waals surface area contributed by atoms with Crippen molar-refractivity contribution in [3.05, 3.63) is 24.3 Å². The number of carbonyl (C=O) groups excluding carboxylic acids is 2. The molecule has 1 N–H and O–H groups in total. The van der Waals surface area contributed by atoms with Gasteiger partial charge in [-0.15, -0.1) is 0 Å². The second kappa shape index (κ2) is 8.53. The summed E-state index contributed by atoms with van der Waals surface area (Å²) in [6, 6.07) is 2.70. The number of piperidine rings is 1. The van der Waals surface area contributed by atoms with E-state index < -0.39 is 18.0 Å². The molecule has 0 amide bonds. The van der Waals surface area contributed by atoms with Crippen molar-refractivity contribution >= 4 is 17.5 Å². The van der Waals surface area contributed by atoms with Gasteiger partial charge < -0.3 is 24.3 Å². The summed E-state index contributed by atoms with van der Waals surface area (Å²) in [6.07, 6.45) is 2.59. The van der Waals surface area contributed by atoms with Gasteiger partial charge in [0.1, 0.15) is 6.04 Å². The lowest BCUT2D eigenvalue weighted by atomic mass is 10.0. The van der Waals surface area contributed by atoms with Gasteiger partial charge in [0.2, 0.25) is 5.75 Å². The summed E-state index contributed by atoms with van der Waals surface area (Å²) in [7, 11) is 4.43. The molecule has 1 aliphatic rings. The molecule has 0 unspecified atom stereocenters. The molecule has 0 radical (unpaired) electrons. The number of hydrogen-bond donors (Lipinski definition) is 1. The summed E-state index contributed by atoms with van der Waals surface area (Å²) in [4.78, 5) is 24.3. The average Bonchev–Trinajstić information content (AvgIpc) is 2.66. The van der Waals surface area contributed by atoms with Gasteiger partial charge in [-0.3, -0.25) is 0 Å². The van der Waals surface area contributed by atoms with Crippen LogP contribution in [0.3, 0.4) is 0 Å². The normalized spacial score (nSPS) is 16.7. The van der Waals surface area contributed by atoms with Crippen LogP contribution in [0.4, 0.5) is 0 Å². The number of benzene rings is 1. The van der Waals surface area contributed by atoms with E-state index in [-0.39, 0.29) is 5.57 Å². The minimum absolute atomic E-state index is 0.0309. The Hall–Kier alpha value is -2.54. The summed E-state index contributed by atoms with van der Waals surface area (Å²) in [5, 5.41) is 3.04. The van der Waals surface area contributed by atoms with Crippen LogP contribution in [0.15, 0.2) is 18.7 Å². The van der Waals surface area contributed by atoms with Gasteiger partial charge in [0.05, 0.1) is 26.9 Å². The highest BCUT2D eigenvalue weighted by Crippen LogP contribution is 2.39. The molecule has 1 aromatic carbocycles. The number of carbonyl (C=O) groups is 2. The fraction of sp³-hybridized carbons (Fsp3) is 0.444. The van der Waals surface area contributed by atoms with Crippen LogP contribution >= 0.6 is 0 Å². The maximum Gasteiger partial charge on any atom is 0.345 e. The van der Waals surface area contributed by atoms with E-state index >= 15 is 0 Å². The summed E-state index contributed by atoms with van der Waals surface area (Å²) in [5.41, 5.74) is 0.451. The Morgan fingerprint density at radius 1 is 1.08 bits per heavy atom. The second-order valence-corrected chi connectivity index (χ2v) is 5.60. The van der Waals surface area contributed by atoms with Crippen molar-refractivity contribution in [2.24, 2.45) is 0 Å². The monoisotopic (exact) mass is 349 g/mol. The molecule has 1 heterocycles. The first-order valence-corrected chi connectivity index (χ1v) is 8.00. The van der Waals surface area contributed by atoms with Gasteiger partial charge >= 0.3 is 11.9 Å². The van der Waals surface area contributed by atoms with E-state index in [1.165, 1.54) is 21.3 Å². The zero-order chi connectivity index (χ0) is 18.4. The van der Waals surface area contributed by atoms with Crippen LogP contribution in [0.5, 0.6) is 17.2 Å². The molecule has 136 valence electrons. The van der Waals surface area contributed by atoms with Gasteiger partial charge in [-0.05, 0) is 37.1 Å². The van der Waals surface area contributed by atoms with Gasteiger partial charge in [0.25, 0.3) is 0 Å². The fourth-order valence-electron chi connectivity index (χ4n) is 2.65. The largest absolute Gasteiger partial charge is 0.493 e. The predicted octanol–water partition coefficient (Wildman–Crippen LogP) is 1.94. The Kier molecular flexibility index (Phi) is 6.41. The lowest BCUT2D eigenvalue weighted by Gasteiger charge is -2.21. The molecule has 1 fully saturated rings. The van der Waals surface area contributed by atoms with Crippen LogP contribution in [0, 0.1) is 0 Å². The molecule has 7 nitrogen and oxygen atoms in total. The standard InChI is InChI=1S/C18H23NO6/c1-11(17(20)25-18(21)13-7-5-6-8-19-13)12-9-14(22-2)16(24-4)15(10-12)23-3/h9-10,13,19H,1,5-8H2,2-4H3/t13-/m0/s1. The van der Waals surface area contributed by atoms with Crippen LogP contribution in [0.2, 0.25) is 0 Å². The van der Waals surface area contributed by atoms with Crippen LogP contribution in [-0.2, 0) is 14.3 Å². The van der Waals surface area contributed by atoms with Crippen molar-refractivity contribution in [3.8, 4) is 17.2 Å². The van der Waals surface area contributed by atoms with Gasteiger partial charge in [-0.25, -0.2) is 9.59 Å². The number of esters is 2. The highest BCUT2D eigenvalue weighted by atomic mass is 16.6. The zero-order valence-corrected chi connectivity index (χ0v) is 14.7. The molecule has 0 bridgehead atoms. The fourth-order valence-corrected chi connectivity index (χ4v) is 2.65. The summed E-state index contributed by atoms with van der Waals surface area (Å²) in [5.74, 6) is -0.223. The van der Waals surface area contributed by atoms with Crippen molar-refractivity contribution in [1.82, 2.24) is 5.32 Å². The van der Waals surface area contributed by atoms with E-state index in [2.05, 4.69) is 11.9 Å². The third kappa shape index (κ3) is 4.30. The SMILES string of the molecule is C=C(C(=O)OC(=O)[C@@H]1CCCCN1)c1cc(OC)c(OC)c(OC)c1. The van der Waals surface area contributed by atoms with Crippen molar-refractivity contribution < 1.29 is 28.5 Å². The second-order valence-electron chi connectivity index (χ2n) is 5.60. The van der Waals surface area contributed by atoms with Crippen LogP contribution < -0.4 is 19.5 Å². The van der Waals surface area contributed by atoms with E-state index in [9.17, 15) is 9.59 Å². The molecule has 1 aliphatic heterocycles. The lowest BCUT2D eigenvalue weighted by molar-refractivity contribution is -0.157. The molecule has 0 aliphatic carbocycles. The Bertz CT molecular complexity index is 639. The molecule has 0 saturated carbocycles. The van der Waals surface area contributed by atoms with Crippen molar-refractivity contribution in [2.75, 3.05) is 27.9 Å². The summed E-state index contributed by atoms with van der Waals surface area (Å²) >= 11 is 0. The molecule has 0 spiro atoms. The molecule has 2 rings (SSSR count). The number of nitrogens with one attached hydrogen (secondary N) is 1.